The van der Waals surface area contributed by atoms with Crippen LogP contribution < -0.4 is 10.6 Å². The SMILES string of the molecule is CC1CC(C)C(C)N(c2c(N)cccc2C(=O)O)C1. The van der Waals surface area contributed by atoms with Gasteiger partial charge in [-0.3, -0.25) is 0 Å². The van der Waals surface area contributed by atoms with Gasteiger partial charge in [-0.05, 0) is 37.3 Å². The topological polar surface area (TPSA) is 66.6 Å². The van der Waals surface area contributed by atoms with Gasteiger partial charge < -0.3 is 15.7 Å². The van der Waals surface area contributed by atoms with E-state index in [0.29, 0.717) is 34.8 Å². The van der Waals surface area contributed by atoms with Crippen LogP contribution in [0.1, 0.15) is 37.6 Å². The zero-order chi connectivity index (χ0) is 14.2. The Morgan fingerprint density at radius 3 is 2.68 bits per heavy atom. The molecule has 104 valence electrons. The van der Waals surface area contributed by atoms with Crippen LogP contribution in [-0.4, -0.2) is 23.7 Å². The molecule has 3 atom stereocenters. The van der Waals surface area contributed by atoms with Gasteiger partial charge in [0.25, 0.3) is 0 Å². The largest absolute Gasteiger partial charge is 0.478 e. The molecule has 0 bridgehead atoms. The summed E-state index contributed by atoms with van der Waals surface area (Å²) < 4.78 is 0. The van der Waals surface area contributed by atoms with Crippen molar-refractivity contribution in [2.24, 2.45) is 11.8 Å². The molecular formula is C15H22N2O2. The molecule has 19 heavy (non-hydrogen) atoms. The number of anilines is 2. The Morgan fingerprint density at radius 2 is 2.05 bits per heavy atom. The lowest BCUT2D eigenvalue weighted by atomic mass is 9.85. The van der Waals surface area contributed by atoms with Gasteiger partial charge in [0.2, 0.25) is 0 Å². The van der Waals surface area contributed by atoms with Gasteiger partial charge in [-0.25, -0.2) is 4.79 Å². The lowest BCUT2D eigenvalue weighted by Crippen LogP contribution is -2.46. The van der Waals surface area contributed by atoms with Crippen molar-refractivity contribution in [3.8, 4) is 0 Å². The number of carboxylic acids is 1. The van der Waals surface area contributed by atoms with E-state index >= 15 is 0 Å². The van der Waals surface area contributed by atoms with E-state index in [4.69, 9.17) is 5.73 Å². The Labute approximate surface area is 114 Å². The van der Waals surface area contributed by atoms with Gasteiger partial charge in [0, 0.05) is 12.6 Å². The average molecular weight is 262 g/mol. The third kappa shape index (κ3) is 2.53. The standard InChI is InChI=1S/C15H22N2O2/c1-9-7-10(2)11(3)17(8-9)14-12(15(18)19)5-4-6-13(14)16/h4-6,9-11H,7-8,16H2,1-3H3,(H,18,19). The number of hydrogen-bond acceptors (Lipinski definition) is 3. The van der Waals surface area contributed by atoms with Crippen molar-refractivity contribution >= 4 is 17.3 Å². The summed E-state index contributed by atoms with van der Waals surface area (Å²) >= 11 is 0. The van der Waals surface area contributed by atoms with Crippen LogP contribution in [0.2, 0.25) is 0 Å². The van der Waals surface area contributed by atoms with E-state index < -0.39 is 5.97 Å². The molecule has 1 aliphatic heterocycles. The second-order valence-electron chi connectivity index (χ2n) is 5.76. The molecule has 1 saturated heterocycles. The minimum atomic E-state index is -0.916. The van der Waals surface area contributed by atoms with Crippen LogP contribution in [0, 0.1) is 11.8 Å². The summed E-state index contributed by atoms with van der Waals surface area (Å²) in [6, 6.07) is 5.41. The van der Waals surface area contributed by atoms with Crippen molar-refractivity contribution in [2.75, 3.05) is 17.2 Å². The molecule has 0 amide bonds. The molecule has 0 spiro atoms. The average Bonchev–Trinajstić information content (AvgIpc) is 2.33. The summed E-state index contributed by atoms with van der Waals surface area (Å²) in [4.78, 5) is 13.6. The van der Waals surface area contributed by atoms with Crippen LogP contribution in [0.3, 0.4) is 0 Å². The number of rotatable bonds is 2. The second-order valence-corrected chi connectivity index (χ2v) is 5.76. The molecule has 1 aliphatic rings. The molecule has 1 fully saturated rings. The summed E-state index contributed by atoms with van der Waals surface area (Å²) in [6.45, 7) is 7.43. The minimum Gasteiger partial charge on any atom is -0.478 e. The smallest absolute Gasteiger partial charge is 0.337 e. The zero-order valence-corrected chi connectivity index (χ0v) is 11.8. The molecular weight excluding hydrogens is 240 g/mol. The number of benzene rings is 1. The van der Waals surface area contributed by atoms with Gasteiger partial charge >= 0.3 is 5.97 Å². The van der Waals surface area contributed by atoms with E-state index in [-0.39, 0.29) is 0 Å². The van der Waals surface area contributed by atoms with E-state index in [1.165, 1.54) is 6.42 Å². The fourth-order valence-electron chi connectivity index (χ4n) is 3.06. The molecule has 4 heteroatoms. The lowest BCUT2D eigenvalue weighted by Gasteiger charge is -2.43. The van der Waals surface area contributed by atoms with Gasteiger partial charge in [-0.15, -0.1) is 0 Å². The first kappa shape index (κ1) is 13.7. The first-order chi connectivity index (χ1) is 8.91. The fraction of sp³-hybridized carbons (Fsp3) is 0.533. The highest BCUT2D eigenvalue weighted by molar-refractivity contribution is 5.98. The van der Waals surface area contributed by atoms with Crippen molar-refractivity contribution in [1.82, 2.24) is 0 Å². The van der Waals surface area contributed by atoms with E-state index in [2.05, 4.69) is 25.7 Å². The molecule has 1 aromatic carbocycles. The second kappa shape index (κ2) is 5.11. The van der Waals surface area contributed by atoms with Gasteiger partial charge in [-0.1, -0.05) is 19.9 Å². The molecule has 3 unspecified atom stereocenters. The number of para-hydroxylation sites is 1. The maximum atomic E-state index is 11.4. The summed E-state index contributed by atoms with van der Waals surface area (Å²) in [7, 11) is 0. The number of piperidine rings is 1. The van der Waals surface area contributed by atoms with Crippen molar-refractivity contribution < 1.29 is 9.90 Å². The highest BCUT2D eigenvalue weighted by Crippen LogP contribution is 2.36. The number of carboxylic acid groups (broad SMARTS) is 1. The monoisotopic (exact) mass is 262 g/mol. The Morgan fingerprint density at radius 1 is 1.37 bits per heavy atom. The predicted octanol–water partition coefficient (Wildman–Crippen LogP) is 2.84. The lowest BCUT2D eigenvalue weighted by molar-refractivity contribution is 0.0697. The molecule has 2 rings (SSSR count). The number of nitrogens with zero attached hydrogens (tertiary/aromatic N) is 1. The number of carbonyl (C=O) groups is 1. The number of nitrogen functional groups attached to an aromatic ring is 1. The van der Waals surface area contributed by atoms with Crippen molar-refractivity contribution in [3.05, 3.63) is 23.8 Å². The van der Waals surface area contributed by atoms with Crippen molar-refractivity contribution in [2.45, 2.75) is 33.2 Å². The number of hydrogen-bond donors (Lipinski definition) is 2. The molecule has 0 saturated carbocycles. The first-order valence-electron chi connectivity index (χ1n) is 6.80. The Kier molecular flexibility index (Phi) is 3.69. The van der Waals surface area contributed by atoms with Gasteiger partial charge in [-0.2, -0.15) is 0 Å². The van der Waals surface area contributed by atoms with Gasteiger partial charge in [0.05, 0.1) is 16.9 Å². The Bertz CT molecular complexity index is 487. The molecule has 0 aromatic heterocycles. The first-order valence-corrected chi connectivity index (χ1v) is 6.80. The van der Waals surface area contributed by atoms with Gasteiger partial charge in [0.1, 0.15) is 0 Å². The van der Waals surface area contributed by atoms with Crippen LogP contribution in [0.4, 0.5) is 11.4 Å². The van der Waals surface area contributed by atoms with E-state index in [1.807, 2.05) is 0 Å². The summed E-state index contributed by atoms with van der Waals surface area (Å²) in [5.41, 5.74) is 7.57. The Hall–Kier alpha value is -1.71. The summed E-state index contributed by atoms with van der Waals surface area (Å²) in [5.74, 6) is 0.165. The molecule has 0 radical (unpaired) electrons. The molecule has 4 nitrogen and oxygen atoms in total. The maximum Gasteiger partial charge on any atom is 0.337 e. The van der Waals surface area contributed by atoms with E-state index in [9.17, 15) is 9.90 Å². The number of nitrogens with two attached hydrogens (primary N) is 1. The maximum absolute atomic E-state index is 11.4. The molecule has 3 N–H and O–H groups in total. The van der Waals surface area contributed by atoms with Crippen molar-refractivity contribution in [1.29, 1.82) is 0 Å². The van der Waals surface area contributed by atoms with E-state index in [1.54, 1.807) is 18.2 Å². The fourth-order valence-corrected chi connectivity index (χ4v) is 3.06. The quantitative estimate of drug-likeness (QED) is 0.804. The number of aromatic carboxylic acids is 1. The van der Waals surface area contributed by atoms with Crippen LogP contribution in [0.5, 0.6) is 0 Å². The Balaban J connectivity index is 2.48. The predicted molar refractivity (Wildman–Crippen MR) is 77.6 cm³/mol. The molecule has 1 aromatic rings. The molecule has 1 heterocycles. The summed E-state index contributed by atoms with van der Waals surface area (Å²) in [5, 5.41) is 9.36. The normalized spacial score (nSPS) is 27.3. The van der Waals surface area contributed by atoms with Gasteiger partial charge in [0.15, 0.2) is 0 Å². The van der Waals surface area contributed by atoms with Crippen molar-refractivity contribution in [3.63, 3.8) is 0 Å². The summed E-state index contributed by atoms with van der Waals surface area (Å²) in [6.07, 6.45) is 1.17. The highest BCUT2D eigenvalue weighted by atomic mass is 16.4. The minimum absolute atomic E-state index is 0.299. The zero-order valence-electron chi connectivity index (χ0n) is 11.8. The van der Waals surface area contributed by atoms with Crippen LogP contribution in [0.15, 0.2) is 18.2 Å². The molecule has 0 aliphatic carbocycles. The van der Waals surface area contributed by atoms with Crippen LogP contribution in [0.25, 0.3) is 0 Å². The van der Waals surface area contributed by atoms with Crippen LogP contribution in [-0.2, 0) is 0 Å². The highest BCUT2D eigenvalue weighted by Gasteiger charge is 2.32. The third-order valence-corrected chi connectivity index (χ3v) is 4.18. The van der Waals surface area contributed by atoms with Crippen LogP contribution >= 0.6 is 0 Å². The third-order valence-electron chi connectivity index (χ3n) is 4.18. The van der Waals surface area contributed by atoms with E-state index in [0.717, 1.165) is 6.54 Å².